The number of alkyl halides is 2. The topological polar surface area (TPSA) is 52.6 Å². The highest BCUT2D eigenvalue weighted by atomic mass is 79.9. The van der Waals surface area contributed by atoms with Gasteiger partial charge in [-0.3, -0.25) is 0 Å². The molecule has 0 saturated heterocycles. The van der Waals surface area contributed by atoms with E-state index in [0.29, 0.717) is 22.6 Å². The molecule has 0 spiro atoms. The summed E-state index contributed by atoms with van der Waals surface area (Å²) in [5.74, 6) is 0.0288. The van der Waals surface area contributed by atoms with E-state index in [1.807, 2.05) is 60.7 Å². The maximum atomic E-state index is 12.9. The first-order valence-corrected chi connectivity index (χ1v) is 12.4. The quantitative estimate of drug-likeness (QED) is 0.128. The summed E-state index contributed by atoms with van der Waals surface area (Å²) in [7, 11) is 0. The van der Waals surface area contributed by atoms with E-state index in [1.165, 1.54) is 0 Å². The second kappa shape index (κ2) is 11.3. The molecule has 0 aliphatic rings. The minimum absolute atomic E-state index is 0.335. The van der Waals surface area contributed by atoms with Crippen molar-refractivity contribution in [3.05, 3.63) is 131 Å². The summed E-state index contributed by atoms with van der Waals surface area (Å²) >= 11 is 7.47. The normalized spacial score (nSPS) is 12.4. The molecule has 0 fully saturated rings. The summed E-state index contributed by atoms with van der Waals surface area (Å²) in [6.45, 7) is 0. The predicted molar refractivity (Wildman–Crippen MR) is 139 cm³/mol. The molecule has 0 aromatic heterocycles. The molecular formula is C28H20Br2O4. The van der Waals surface area contributed by atoms with Crippen molar-refractivity contribution in [1.82, 2.24) is 0 Å². The summed E-state index contributed by atoms with van der Waals surface area (Å²) in [6, 6.07) is 32.3. The van der Waals surface area contributed by atoms with Crippen molar-refractivity contribution < 1.29 is 19.1 Å². The first-order valence-electron chi connectivity index (χ1n) is 10.5. The van der Waals surface area contributed by atoms with Crippen LogP contribution < -0.4 is 9.47 Å². The molecule has 0 radical (unpaired) electrons. The molecule has 0 amide bonds. The lowest BCUT2D eigenvalue weighted by Gasteiger charge is -2.22. The fourth-order valence-corrected chi connectivity index (χ4v) is 4.83. The summed E-state index contributed by atoms with van der Waals surface area (Å²) < 4.78 is 11.1. The third-order valence-corrected chi connectivity index (χ3v) is 7.87. The molecule has 2 atom stereocenters. The minimum atomic E-state index is -0.456. The van der Waals surface area contributed by atoms with Crippen molar-refractivity contribution in [3.8, 4) is 11.5 Å². The lowest BCUT2D eigenvalue weighted by molar-refractivity contribution is 0.0723. The monoisotopic (exact) mass is 578 g/mol. The van der Waals surface area contributed by atoms with Crippen molar-refractivity contribution >= 4 is 43.8 Å². The highest BCUT2D eigenvalue weighted by Crippen LogP contribution is 2.44. The van der Waals surface area contributed by atoms with Crippen LogP contribution in [0.25, 0.3) is 0 Å². The van der Waals surface area contributed by atoms with Crippen LogP contribution in [-0.2, 0) is 0 Å². The highest BCUT2D eigenvalue weighted by molar-refractivity contribution is 9.12. The Morgan fingerprint density at radius 3 is 1.21 bits per heavy atom. The van der Waals surface area contributed by atoms with Gasteiger partial charge in [0.15, 0.2) is 0 Å². The Morgan fingerprint density at radius 1 is 0.500 bits per heavy atom. The van der Waals surface area contributed by atoms with Crippen LogP contribution in [0.5, 0.6) is 11.5 Å². The van der Waals surface area contributed by atoms with Crippen molar-refractivity contribution in [2.45, 2.75) is 9.65 Å². The second-order valence-electron chi connectivity index (χ2n) is 7.38. The number of esters is 2. The van der Waals surface area contributed by atoms with Gasteiger partial charge in [0.2, 0.25) is 0 Å². The molecule has 4 aromatic rings. The Hall–Kier alpha value is -3.22. The molecule has 0 aliphatic heterocycles. The van der Waals surface area contributed by atoms with Gasteiger partial charge in [0.1, 0.15) is 11.5 Å². The van der Waals surface area contributed by atoms with E-state index in [2.05, 4.69) is 31.9 Å². The Kier molecular flexibility index (Phi) is 7.93. The molecular weight excluding hydrogens is 560 g/mol. The molecule has 0 bridgehead atoms. The van der Waals surface area contributed by atoms with Gasteiger partial charge in [-0.05, 0) is 47.5 Å². The Labute approximate surface area is 214 Å². The van der Waals surface area contributed by atoms with E-state index in [4.69, 9.17) is 9.47 Å². The number of halogens is 2. The first kappa shape index (κ1) is 23.9. The molecule has 4 nitrogen and oxygen atoms in total. The van der Waals surface area contributed by atoms with Crippen LogP contribution in [-0.4, -0.2) is 11.9 Å². The average Bonchev–Trinajstić information content (AvgIpc) is 2.89. The molecule has 170 valence electrons. The second-order valence-corrected chi connectivity index (χ2v) is 9.36. The number of rotatable bonds is 7. The van der Waals surface area contributed by atoms with Crippen LogP contribution in [0.15, 0.2) is 109 Å². The van der Waals surface area contributed by atoms with Crippen LogP contribution in [0.3, 0.4) is 0 Å². The van der Waals surface area contributed by atoms with Crippen molar-refractivity contribution in [1.29, 1.82) is 0 Å². The van der Waals surface area contributed by atoms with E-state index in [9.17, 15) is 9.59 Å². The number of ether oxygens (including phenoxy) is 2. The van der Waals surface area contributed by atoms with E-state index in [1.54, 1.807) is 48.5 Å². The number of hydrogen-bond donors (Lipinski definition) is 0. The van der Waals surface area contributed by atoms with Gasteiger partial charge in [-0.25, -0.2) is 9.59 Å². The Balaban J connectivity index is 1.60. The third kappa shape index (κ3) is 5.64. The highest BCUT2D eigenvalue weighted by Gasteiger charge is 2.28. The van der Waals surface area contributed by atoms with Crippen molar-refractivity contribution in [2.75, 3.05) is 0 Å². The van der Waals surface area contributed by atoms with Crippen LogP contribution in [0.4, 0.5) is 0 Å². The fourth-order valence-electron chi connectivity index (χ4n) is 3.46. The van der Waals surface area contributed by atoms with E-state index < -0.39 is 11.9 Å². The molecule has 6 heteroatoms. The molecule has 0 aliphatic carbocycles. The number of benzene rings is 4. The van der Waals surface area contributed by atoms with Gasteiger partial charge in [-0.1, -0.05) is 105 Å². The van der Waals surface area contributed by atoms with E-state index in [-0.39, 0.29) is 9.65 Å². The number of hydrogen-bond acceptors (Lipinski definition) is 4. The standard InChI is InChI=1S/C28H20Br2O4/c29-25(21-15-7-9-17-23(21)27(31)33-19-11-3-1-4-12-19)26(30)22-16-8-10-18-24(22)28(32)34-20-13-5-2-6-14-20/h1-18,25-26H/t25-,26-/m1/s1. The number of carbonyl (C=O) groups is 2. The summed E-state index contributed by atoms with van der Waals surface area (Å²) in [5.41, 5.74) is 2.33. The van der Waals surface area contributed by atoms with Gasteiger partial charge in [0, 0.05) is 0 Å². The smallest absolute Gasteiger partial charge is 0.343 e. The lowest BCUT2D eigenvalue weighted by Crippen LogP contribution is -2.16. The van der Waals surface area contributed by atoms with Crippen LogP contribution in [0.1, 0.15) is 41.5 Å². The lowest BCUT2D eigenvalue weighted by atomic mass is 9.96. The SMILES string of the molecule is O=C(Oc1ccccc1)c1ccccc1[C@@H](Br)[C@H](Br)c1ccccc1C(=O)Oc1ccccc1. The average molecular weight is 580 g/mol. The first-order chi connectivity index (χ1) is 16.5. The molecule has 4 rings (SSSR count). The largest absolute Gasteiger partial charge is 0.423 e. The van der Waals surface area contributed by atoms with E-state index >= 15 is 0 Å². The molecule has 0 saturated carbocycles. The van der Waals surface area contributed by atoms with Gasteiger partial charge in [-0.2, -0.15) is 0 Å². The predicted octanol–water partition coefficient (Wildman–Crippen LogP) is 7.70. The van der Waals surface area contributed by atoms with Crippen LogP contribution in [0, 0.1) is 0 Å². The maximum Gasteiger partial charge on any atom is 0.343 e. The summed E-state index contributed by atoms with van der Waals surface area (Å²) in [5, 5.41) is 0. The summed E-state index contributed by atoms with van der Waals surface area (Å²) in [6.07, 6.45) is 0. The Morgan fingerprint density at radius 2 is 0.824 bits per heavy atom. The van der Waals surface area contributed by atoms with Crippen LogP contribution in [0.2, 0.25) is 0 Å². The Bertz CT molecular complexity index is 1170. The van der Waals surface area contributed by atoms with Gasteiger partial charge in [0.05, 0.1) is 20.8 Å². The van der Waals surface area contributed by atoms with Crippen molar-refractivity contribution in [2.24, 2.45) is 0 Å². The van der Waals surface area contributed by atoms with Gasteiger partial charge < -0.3 is 9.47 Å². The summed E-state index contributed by atoms with van der Waals surface area (Å²) in [4.78, 5) is 25.2. The minimum Gasteiger partial charge on any atom is -0.423 e. The zero-order chi connectivity index (χ0) is 23.9. The third-order valence-electron chi connectivity index (χ3n) is 5.12. The molecule has 4 aromatic carbocycles. The van der Waals surface area contributed by atoms with Gasteiger partial charge >= 0.3 is 11.9 Å². The zero-order valence-electron chi connectivity index (χ0n) is 17.9. The molecule has 0 N–H and O–H groups in total. The molecule has 0 unspecified atom stereocenters. The number of carbonyl (C=O) groups excluding carboxylic acids is 2. The molecule has 34 heavy (non-hydrogen) atoms. The van der Waals surface area contributed by atoms with Gasteiger partial charge in [0.25, 0.3) is 0 Å². The maximum absolute atomic E-state index is 12.9. The molecule has 0 heterocycles. The zero-order valence-corrected chi connectivity index (χ0v) is 21.1. The van der Waals surface area contributed by atoms with Crippen LogP contribution >= 0.6 is 31.9 Å². The van der Waals surface area contributed by atoms with Crippen molar-refractivity contribution in [3.63, 3.8) is 0 Å². The van der Waals surface area contributed by atoms with E-state index in [0.717, 1.165) is 11.1 Å². The number of para-hydroxylation sites is 2. The van der Waals surface area contributed by atoms with Gasteiger partial charge in [-0.15, -0.1) is 0 Å². The fraction of sp³-hybridized carbons (Fsp3) is 0.0714.